The molecule has 7 heterocycles. The van der Waals surface area contributed by atoms with Crippen LogP contribution in [-0.2, 0) is 109 Å². The number of ether oxygens (including phenoxy) is 6. The van der Waals surface area contributed by atoms with Crippen LogP contribution in [0.2, 0.25) is 0 Å². The number of carbonyl (C=O) groups is 8. The fourth-order valence-corrected chi connectivity index (χ4v) is 14.5. The molecule has 4 aliphatic heterocycles. The van der Waals surface area contributed by atoms with E-state index in [0.29, 0.717) is 95.6 Å². The molecule has 4 aromatic carbocycles. The highest BCUT2D eigenvalue weighted by Gasteiger charge is 2.49. The fourth-order valence-electron chi connectivity index (χ4n) is 14.5. The Hall–Kier alpha value is -10.6. The molecule has 7 aromatic rings. The minimum absolute atomic E-state index is 0.0207. The summed E-state index contributed by atoms with van der Waals surface area (Å²) in [6.45, 7) is 3.34. The van der Waals surface area contributed by atoms with Gasteiger partial charge < -0.3 is 90.0 Å². The van der Waals surface area contributed by atoms with E-state index in [0.717, 1.165) is 22.4 Å². The topological polar surface area (TPSA) is 422 Å². The quantitative estimate of drug-likeness (QED) is 0.0222. The third-order valence-corrected chi connectivity index (χ3v) is 20.4. The van der Waals surface area contributed by atoms with Crippen LogP contribution >= 0.6 is 0 Å². The maximum atomic E-state index is 15.7. The molecule has 3 aromatic heterocycles. The number of carboxylic acids is 1. The van der Waals surface area contributed by atoms with E-state index >= 15 is 4.39 Å². The van der Waals surface area contributed by atoms with Crippen LogP contribution in [0.5, 0.6) is 5.75 Å². The lowest BCUT2D eigenvalue weighted by Crippen LogP contribution is -2.61. The Morgan fingerprint density at radius 2 is 1.56 bits per heavy atom. The molecule has 31 nitrogen and oxygen atoms in total. The summed E-state index contributed by atoms with van der Waals surface area (Å²) in [4.78, 5) is 128. The van der Waals surface area contributed by atoms with Gasteiger partial charge in [-0.05, 0) is 110 Å². The average Bonchev–Trinajstić information content (AvgIpc) is 1.52. The van der Waals surface area contributed by atoms with Gasteiger partial charge in [0.2, 0.25) is 35.8 Å². The Kier molecular flexibility index (Phi) is 24.0. The van der Waals surface area contributed by atoms with Crippen molar-refractivity contribution in [3.8, 4) is 39.7 Å². The second-order valence-electron chi connectivity index (χ2n) is 27.3. The molecular formula is C76H86FN11O20. The normalized spacial score (nSPS) is 19.7. The van der Waals surface area contributed by atoms with Gasteiger partial charge in [-0.3, -0.25) is 28.8 Å². The number of anilines is 1. The molecule has 5 aliphatic rings. The number of hydrogen-bond acceptors (Lipinski definition) is 22. The predicted octanol–water partition coefficient (Wildman–Crippen LogP) is 4.23. The highest BCUT2D eigenvalue weighted by molar-refractivity contribution is 6.00. The number of rotatable bonds is 30. The molecule has 6 amide bonds. The van der Waals surface area contributed by atoms with Crippen molar-refractivity contribution in [3.63, 3.8) is 0 Å². The number of fused-ring (bicyclic) bond motifs is 10. The van der Waals surface area contributed by atoms with Gasteiger partial charge in [-0.15, -0.1) is 5.10 Å². The Balaban J connectivity index is 0.697. The average molecular weight is 1490 g/mol. The van der Waals surface area contributed by atoms with Crippen molar-refractivity contribution in [1.29, 1.82) is 0 Å². The number of pyridine rings is 2. The largest absolute Gasteiger partial charge is 0.479 e. The number of aromatic nitrogens is 5. The number of para-hydroxylation sites is 1. The summed E-state index contributed by atoms with van der Waals surface area (Å²) in [7, 11) is 3.34. The zero-order chi connectivity index (χ0) is 76.7. The van der Waals surface area contributed by atoms with Gasteiger partial charge in [0, 0.05) is 98.7 Å². The first-order chi connectivity index (χ1) is 52.0. The molecule has 32 heteroatoms. The molecule has 0 saturated carbocycles. The SMILES string of the molecule is CC[C@@]1(O)C(=O)OCc2c1cc1n(c2=O)Cc2c-1nc1cc(F)c(C)c3c1c2[C@@H](NC(=O)OCc1ccc(O[C@@H]2O[C@H](C(=O)O)[C@@H](O)[C@H](O)[C@H]2O)c(CNC(=O)CCNC(=O)[C@H](CCCCNC(=O)CCOCCOC)NC(=O)CCCCC(=O)N2Cc4ccccc4-c4nnn(C)c4-c4ccccc42)c1)CC3. The van der Waals surface area contributed by atoms with E-state index < -0.39 is 102 Å². The fraction of sp³-hybridized carbons (Fsp3) is 0.447. The number of methoxy groups -OCH3 is 1. The van der Waals surface area contributed by atoms with E-state index in [-0.39, 0.29) is 136 Å². The number of aliphatic carboxylic acids is 1. The summed E-state index contributed by atoms with van der Waals surface area (Å²) in [6.07, 6.45) is -8.84. The van der Waals surface area contributed by atoms with E-state index in [9.17, 15) is 68.7 Å². The highest BCUT2D eigenvalue weighted by Crippen LogP contribution is 2.47. The molecule has 1 aliphatic carbocycles. The Morgan fingerprint density at radius 1 is 0.796 bits per heavy atom. The summed E-state index contributed by atoms with van der Waals surface area (Å²) in [5.41, 5.74) is 5.69. The zero-order valence-electron chi connectivity index (χ0n) is 60.0. The molecule has 1 fully saturated rings. The smallest absolute Gasteiger partial charge is 0.407 e. The second kappa shape index (κ2) is 33.7. The number of aryl methyl sites for hydroxylation is 2. The number of benzene rings is 4. The van der Waals surface area contributed by atoms with Crippen molar-refractivity contribution >= 4 is 64.2 Å². The van der Waals surface area contributed by atoms with Crippen LogP contribution in [0.1, 0.15) is 134 Å². The number of esters is 1. The number of nitrogens with one attached hydrogen (secondary N) is 5. The van der Waals surface area contributed by atoms with E-state index in [1.165, 1.54) is 34.9 Å². The number of unbranched alkanes of at least 4 members (excludes halogenated alkanes) is 2. The minimum atomic E-state index is -2.11. The summed E-state index contributed by atoms with van der Waals surface area (Å²) in [5, 5.41) is 76.8. The first-order valence-electron chi connectivity index (χ1n) is 36.0. The van der Waals surface area contributed by atoms with E-state index in [1.807, 2.05) is 48.5 Å². The van der Waals surface area contributed by atoms with E-state index in [2.05, 4.69) is 36.9 Å². The minimum Gasteiger partial charge on any atom is -0.479 e. The molecule has 12 rings (SSSR count). The summed E-state index contributed by atoms with van der Waals surface area (Å²) >= 11 is 0. The van der Waals surface area contributed by atoms with Gasteiger partial charge in [0.1, 0.15) is 54.8 Å². The van der Waals surface area contributed by atoms with Gasteiger partial charge >= 0.3 is 18.0 Å². The number of alkyl carbamates (subject to hydrolysis) is 1. The maximum Gasteiger partial charge on any atom is 0.407 e. The molecule has 0 spiro atoms. The molecule has 0 radical (unpaired) electrons. The standard InChI is InChI=1S/C76H86FN11O20/c1-5-76(102)49-33-55-63-47(37-88(55)71(97)48(49)39-105-74(76)100)62-51(23-22-44-40(2)50(77)34-53(82-63)61(44)62)83-75(101)106-38-41-21-24-56(107-73-68(95)66(93)67(94)69(108-73)72(98)99)43(32-41)35-80-57(89)25-28-79-70(96)52(17-12-13-27-78-58(90)26-29-104-31-30-103-4)81-59(91)19-10-11-20-60(92)87-36-42-14-6-7-15-45(42)64-65(86(3)85-84-64)46-16-8-9-18-54(46)87/h6-9,14-16,18,21,24,32-34,51-52,66-69,73,93-95,102H,5,10-13,17,19-20,22-23,25-31,35-39H2,1-4H3,(H,78,90)(H,79,96)(H,80,89)(H,81,91)(H,83,101)(H,98,99)/t51-,52-,66-,67-,68+,69-,73+,76-/m0/s1. The predicted molar refractivity (Wildman–Crippen MR) is 382 cm³/mol. The van der Waals surface area contributed by atoms with E-state index in [1.54, 1.807) is 37.6 Å². The number of carboxylic acid groups (broad SMARTS) is 1. The molecule has 572 valence electrons. The number of aliphatic hydroxyl groups is 4. The number of cyclic esters (lactones) is 1. The van der Waals surface area contributed by atoms with Crippen LogP contribution in [0.4, 0.5) is 14.9 Å². The molecule has 10 N–H and O–H groups in total. The lowest BCUT2D eigenvalue weighted by molar-refractivity contribution is -0.271. The Bertz CT molecular complexity index is 4700. The number of nitrogens with zero attached hydrogens (tertiary/aromatic N) is 6. The summed E-state index contributed by atoms with van der Waals surface area (Å²) in [5.74, 6) is -5.25. The summed E-state index contributed by atoms with van der Waals surface area (Å²) < 4.78 is 51.6. The van der Waals surface area contributed by atoms with Crippen molar-refractivity contribution in [3.05, 3.63) is 145 Å². The van der Waals surface area contributed by atoms with E-state index in [4.69, 9.17) is 33.4 Å². The van der Waals surface area contributed by atoms with Gasteiger partial charge in [-0.25, -0.2) is 28.4 Å². The van der Waals surface area contributed by atoms with Crippen LogP contribution in [0, 0.1) is 12.7 Å². The zero-order valence-corrected chi connectivity index (χ0v) is 60.0. The number of aliphatic hydroxyl groups excluding tert-OH is 3. The molecule has 0 unspecified atom stereocenters. The Labute approximate surface area is 618 Å². The van der Waals surface area contributed by atoms with Crippen LogP contribution in [-0.4, -0.2) is 174 Å². The molecule has 8 atom stereocenters. The van der Waals surface area contributed by atoms with Gasteiger partial charge in [-0.1, -0.05) is 60.7 Å². The molecular weight excluding hydrogens is 1410 g/mol. The highest BCUT2D eigenvalue weighted by atomic mass is 19.1. The monoisotopic (exact) mass is 1490 g/mol. The number of carbonyl (C=O) groups excluding carboxylic acids is 7. The maximum absolute atomic E-state index is 15.7. The third kappa shape index (κ3) is 16.3. The molecule has 108 heavy (non-hydrogen) atoms. The number of hydrogen-bond donors (Lipinski definition) is 10. The molecule has 0 bridgehead atoms. The Morgan fingerprint density at radius 3 is 2.35 bits per heavy atom. The van der Waals surface area contributed by atoms with Gasteiger partial charge in [0.15, 0.2) is 11.7 Å². The molecule has 1 saturated heterocycles. The van der Waals surface area contributed by atoms with Crippen molar-refractivity contribution in [2.75, 3.05) is 44.9 Å². The second-order valence-corrected chi connectivity index (χ2v) is 27.3. The van der Waals surface area contributed by atoms with Crippen LogP contribution in [0.3, 0.4) is 0 Å². The number of halogens is 1. The number of amides is 6. The van der Waals surface area contributed by atoms with Gasteiger partial charge in [-0.2, -0.15) is 0 Å². The van der Waals surface area contributed by atoms with Crippen LogP contribution < -0.4 is 41.8 Å². The van der Waals surface area contributed by atoms with Gasteiger partial charge in [0.05, 0.1) is 72.8 Å². The first kappa shape index (κ1) is 77.0. The lowest BCUT2D eigenvalue weighted by Gasteiger charge is -2.38. The first-order valence-corrected chi connectivity index (χ1v) is 36.0. The van der Waals surface area contributed by atoms with Crippen LogP contribution in [0.15, 0.2) is 83.7 Å². The van der Waals surface area contributed by atoms with Crippen molar-refractivity contribution in [2.24, 2.45) is 7.05 Å². The van der Waals surface area contributed by atoms with Crippen molar-refractivity contribution in [1.82, 2.24) is 51.1 Å². The third-order valence-electron chi connectivity index (χ3n) is 20.4. The van der Waals surface area contributed by atoms with Crippen molar-refractivity contribution < 1.29 is 96.7 Å². The lowest BCUT2D eigenvalue weighted by atomic mass is 9.81. The van der Waals surface area contributed by atoms with Crippen LogP contribution in [0.25, 0.3) is 44.8 Å². The van der Waals surface area contributed by atoms with Gasteiger partial charge in [0.25, 0.3) is 5.56 Å². The van der Waals surface area contributed by atoms with Crippen molar-refractivity contribution in [2.45, 2.75) is 172 Å². The summed E-state index contributed by atoms with van der Waals surface area (Å²) in [6, 6.07) is 20.5.